The molecule has 26 heavy (non-hydrogen) atoms. The van der Waals surface area contributed by atoms with E-state index in [9.17, 15) is 4.79 Å². The van der Waals surface area contributed by atoms with Crippen molar-refractivity contribution >= 4 is 23.4 Å². The number of rotatable bonds is 8. The fourth-order valence-electron chi connectivity index (χ4n) is 2.74. The first-order valence-electron chi connectivity index (χ1n) is 8.82. The van der Waals surface area contributed by atoms with Gasteiger partial charge in [-0.15, -0.1) is 11.8 Å². The third-order valence-electron chi connectivity index (χ3n) is 4.08. The van der Waals surface area contributed by atoms with Crippen molar-refractivity contribution in [1.82, 2.24) is 4.98 Å². The highest BCUT2D eigenvalue weighted by Gasteiger charge is 2.17. The van der Waals surface area contributed by atoms with E-state index in [1.807, 2.05) is 43.5 Å². The van der Waals surface area contributed by atoms with Crippen molar-refractivity contribution < 1.29 is 14.3 Å². The molecular formula is C20H24N2O3S. The second-order valence-electron chi connectivity index (χ2n) is 6.35. The summed E-state index contributed by atoms with van der Waals surface area (Å²) in [5.41, 5.74) is 2.91. The topological polar surface area (TPSA) is 60.5 Å². The third kappa shape index (κ3) is 5.75. The van der Waals surface area contributed by atoms with Crippen molar-refractivity contribution in [3.05, 3.63) is 53.9 Å². The predicted molar refractivity (Wildman–Crippen MR) is 105 cm³/mol. The Labute approximate surface area is 158 Å². The fraction of sp³-hybridized carbons (Fsp3) is 0.400. The molecule has 0 aliphatic carbocycles. The van der Waals surface area contributed by atoms with Crippen LogP contribution in [0.15, 0.2) is 42.7 Å². The number of ether oxygens (including phenoxy) is 2. The quantitative estimate of drug-likeness (QED) is 0.763. The summed E-state index contributed by atoms with van der Waals surface area (Å²) in [5.74, 6) is 1.81. The molecule has 2 aromatic rings. The van der Waals surface area contributed by atoms with Gasteiger partial charge in [-0.2, -0.15) is 0 Å². The van der Waals surface area contributed by atoms with Gasteiger partial charge in [-0.3, -0.25) is 9.78 Å². The summed E-state index contributed by atoms with van der Waals surface area (Å²) in [5, 5.41) is 2.96. The molecule has 1 aromatic carbocycles. The molecular weight excluding hydrogens is 348 g/mol. The van der Waals surface area contributed by atoms with Gasteiger partial charge in [0.1, 0.15) is 12.4 Å². The van der Waals surface area contributed by atoms with E-state index in [-0.39, 0.29) is 12.0 Å². The predicted octanol–water partition coefficient (Wildman–Crippen LogP) is 3.82. The average molecular weight is 372 g/mol. The Morgan fingerprint density at radius 2 is 2.35 bits per heavy atom. The van der Waals surface area contributed by atoms with Gasteiger partial charge in [-0.05, 0) is 49.1 Å². The molecule has 1 N–H and O–H groups in total. The Bertz CT molecular complexity index is 718. The molecule has 0 unspecified atom stereocenters. The number of thioether (sulfide) groups is 1. The number of aromatic nitrogens is 1. The highest BCUT2D eigenvalue weighted by atomic mass is 32.2. The standard InChI is InChI=1S/C20H24N2O3S/c1-15-6-7-18(19(10-15)25-12-17-5-3-9-24-17)22-20(23)14-26-13-16-4-2-8-21-11-16/h2,4,6-8,10-11,17H,3,5,9,12-14H2,1H3,(H,22,23)/t17-/m0/s1. The minimum atomic E-state index is -0.0373. The number of nitrogens with one attached hydrogen (secondary N) is 1. The zero-order valence-electron chi connectivity index (χ0n) is 14.9. The maximum absolute atomic E-state index is 12.3. The van der Waals surface area contributed by atoms with Crippen LogP contribution in [0.5, 0.6) is 5.75 Å². The molecule has 0 bridgehead atoms. The second-order valence-corrected chi connectivity index (χ2v) is 7.33. The highest BCUT2D eigenvalue weighted by molar-refractivity contribution is 7.99. The molecule has 0 saturated carbocycles. The lowest BCUT2D eigenvalue weighted by Gasteiger charge is -2.16. The zero-order valence-corrected chi connectivity index (χ0v) is 15.8. The van der Waals surface area contributed by atoms with E-state index >= 15 is 0 Å². The van der Waals surface area contributed by atoms with E-state index in [4.69, 9.17) is 9.47 Å². The molecule has 2 heterocycles. The Kier molecular flexibility index (Phi) is 6.91. The summed E-state index contributed by atoms with van der Waals surface area (Å²) >= 11 is 1.56. The molecule has 1 amide bonds. The van der Waals surface area contributed by atoms with Gasteiger partial charge in [-0.25, -0.2) is 0 Å². The van der Waals surface area contributed by atoms with Crippen LogP contribution in [0.2, 0.25) is 0 Å². The molecule has 0 spiro atoms. The number of amides is 1. The Morgan fingerprint density at radius 3 is 3.12 bits per heavy atom. The van der Waals surface area contributed by atoms with Crippen LogP contribution in [0.3, 0.4) is 0 Å². The van der Waals surface area contributed by atoms with E-state index < -0.39 is 0 Å². The first-order chi connectivity index (χ1) is 12.7. The van der Waals surface area contributed by atoms with Crippen LogP contribution in [0.25, 0.3) is 0 Å². The first-order valence-corrected chi connectivity index (χ1v) is 9.98. The maximum atomic E-state index is 12.3. The van der Waals surface area contributed by atoms with Crippen LogP contribution in [-0.2, 0) is 15.3 Å². The third-order valence-corrected chi connectivity index (χ3v) is 5.09. The lowest BCUT2D eigenvalue weighted by molar-refractivity contribution is -0.113. The van der Waals surface area contributed by atoms with E-state index in [1.165, 1.54) is 0 Å². The van der Waals surface area contributed by atoms with Crippen LogP contribution >= 0.6 is 11.8 Å². The number of hydrogen-bond acceptors (Lipinski definition) is 5. The van der Waals surface area contributed by atoms with E-state index in [0.717, 1.165) is 36.3 Å². The lowest BCUT2D eigenvalue weighted by atomic mass is 10.2. The molecule has 1 fully saturated rings. The molecule has 1 aromatic heterocycles. The van der Waals surface area contributed by atoms with Gasteiger partial charge in [0.25, 0.3) is 0 Å². The van der Waals surface area contributed by atoms with Gasteiger partial charge in [0.2, 0.25) is 5.91 Å². The second kappa shape index (κ2) is 9.59. The molecule has 138 valence electrons. The number of anilines is 1. The van der Waals surface area contributed by atoms with E-state index in [2.05, 4.69) is 10.3 Å². The SMILES string of the molecule is Cc1ccc(NC(=O)CSCc2cccnc2)c(OC[C@@H]2CCCO2)c1. The van der Waals surface area contributed by atoms with Gasteiger partial charge >= 0.3 is 0 Å². The van der Waals surface area contributed by atoms with Crippen molar-refractivity contribution in [2.75, 3.05) is 24.3 Å². The summed E-state index contributed by atoms with van der Waals surface area (Å²) < 4.78 is 11.5. The maximum Gasteiger partial charge on any atom is 0.234 e. The summed E-state index contributed by atoms with van der Waals surface area (Å²) in [7, 11) is 0. The van der Waals surface area contributed by atoms with Crippen LogP contribution in [0, 0.1) is 6.92 Å². The van der Waals surface area contributed by atoms with E-state index in [1.54, 1.807) is 18.0 Å². The average Bonchev–Trinajstić information content (AvgIpc) is 3.16. The first kappa shape index (κ1) is 18.7. The molecule has 1 aliphatic heterocycles. The molecule has 3 rings (SSSR count). The van der Waals surface area contributed by atoms with Crippen LogP contribution in [0.4, 0.5) is 5.69 Å². The summed E-state index contributed by atoms with van der Waals surface area (Å²) in [4.78, 5) is 16.4. The molecule has 6 heteroatoms. The largest absolute Gasteiger partial charge is 0.489 e. The molecule has 1 aliphatic rings. The smallest absolute Gasteiger partial charge is 0.234 e. The Morgan fingerprint density at radius 1 is 1.42 bits per heavy atom. The van der Waals surface area contributed by atoms with Gasteiger partial charge in [0, 0.05) is 24.8 Å². The number of hydrogen-bond donors (Lipinski definition) is 1. The lowest BCUT2D eigenvalue weighted by Crippen LogP contribution is -2.19. The number of aryl methyl sites for hydroxylation is 1. The highest BCUT2D eigenvalue weighted by Crippen LogP contribution is 2.27. The van der Waals surface area contributed by atoms with Crippen LogP contribution in [-0.4, -0.2) is 36.0 Å². The number of pyridine rings is 1. The van der Waals surface area contributed by atoms with Crippen LogP contribution < -0.4 is 10.1 Å². The summed E-state index contributed by atoms with van der Waals surface area (Å²) in [6.45, 7) is 3.33. The molecule has 0 radical (unpaired) electrons. The van der Waals surface area contributed by atoms with Crippen LogP contribution in [0.1, 0.15) is 24.0 Å². The minimum Gasteiger partial charge on any atom is -0.489 e. The van der Waals surface area contributed by atoms with Crippen molar-refractivity contribution in [2.45, 2.75) is 31.6 Å². The Hall–Kier alpha value is -2.05. The number of nitrogens with zero attached hydrogens (tertiary/aromatic N) is 1. The summed E-state index contributed by atoms with van der Waals surface area (Å²) in [6.07, 6.45) is 5.82. The number of benzene rings is 1. The fourth-order valence-corrected chi connectivity index (χ4v) is 3.51. The van der Waals surface area contributed by atoms with Crippen molar-refractivity contribution in [1.29, 1.82) is 0 Å². The molecule has 5 nitrogen and oxygen atoms in total. The Balaban J connectivity index is 1.51. The van der Waals surface area contributed by atoms with Gasteiger partial charge in [0.15, 0.2) is 0 Å². The van der Waals surface area contributed by atoms with Crippen molar-refractivity contribution in [2.24, 2.45) is 0 Å². The van der Waals surface area contributed by atoms with Crippen molar-refractivity contribution in [3.63, 3.8) is 0 Å². The van der Waals surface area contributed by atoms with Gasteiger partial charge < -0.3 is 14.8 Å². The van der Waals surface area contributed by atoms with E-state index in [0.29, 0.717) is 23.8 Å². The molecule has 1 saturated heterocycles. The normalized spacial score (nSPS) is 16.4. The molecule has 1 atom stereocenters. The summed E-state index contributed by atoms with van der Waals surface area (Å²) in [6, 6.07) is 9.73. The minimum absolute atomic E-state index is 0.0373. The number of carbonyl (C=O) groups excluding carboxylic acids is 1. The number of carbonyl (C=O) groups is 1. The monoisotopic (exact) mass is 372 g/mol. The zero-order chi connectivity index (χ0) is 18.2. The van der Waals surface area contributed by atoms with Gasteiger partial charge in [0.05, 0.1) is 17.5 Å². The van der Waals surface area contributed by atoms with Crippen molar-refractivity contribution in [3.8, 4) is 5.75 Å². The van der Waals surface area contributed by atoms with Gasteiger partial charge in [-0.1, -0.05) is 12.1 Å².